The molecule has 1 N–H and O–H groups in total. The molecule has 2 aromatic rings. The van der Waals surface area contributed by atoms with Gasteiger partial charge in [-0.2, -0.15) is 0 Å². The molecule has 0 atom stereocenters. The Morgan fingerprint density at radius 2 is 1.81 bits per heavy atom. The van der Waals surface area contributed by atoms with Crippen LogP contribution < -0.4 is 19.5 Å². The molecule has 0 aliphatic heterocycles. The van der Waals surface area contributed by atoms with E-state index in [0.717, 1.165) is 24.2 Å². The normalized spacial score (nSPS) is 10.7. The molecule has 0 heterocycles. The van der Waals surface area contributed by atoms with Crippen LogP contribution >= 0.6 is 11.6 Å². The zero-order valence-electron chi connectivity index (χ0n) is 15.8. The molecule has 0 unspecified atom stereocenters. The second-order valence-electron chi connectivity index (χ2n) is 5.78. The first-order valence-electron chi connectivity index (χ1n) is 8.70. The molecule has 1 amide bonds. The lowest BCUT2D eigenvalue weighted by Gasteiger charge is -2.12. The largest absolute Gasteiger partial charge is 0.495 e. The van der Waals surface area contributed by atoms with Gasteiger partial charge in [0.15, 0.2) is 0 Å². The number of benzene rings is 2. The number of unbranched alkanes of at least 4 members (excludes halogenated alkanes) is 1. The van der Waals surface area contributed by atoms with Crippen LogP contribution in [0.4, 0.5) is 5.69 Å². The molecule has 0 bridgehead atoms. The third-order valence-corrected chi connectivity index (χ3v) is 4.10. The van der Waals surface area contributed by atoms with E-state index in [9.17, 15) is 4.79 Å². The molecule has 0 aliphatic rings. The van der Waals surface area contributed by atoms with Crippen LogP contribution in [-0.2, 0) is 4.79 Å². The van der Waals surface area contributed by atoms with Gasteiger partial charge in [-0.05, 0) is 30.2 Å². The van der Waals surface area contributed by atoms with Crippen molar-refractivity contribution in [1.29, 1.82) is 0 Å². The third kappa shape index (κ3) is 6.22. The first-order valence-corrected chi connectivity index (χ1v) is 9.08. The molecule has 0 saturated heterocycles. The second kappa shape index (κ2) is 10.5. The lowest BCUT2D eigenvalue weighted by molar-refractivity contribution is -0.111. The monoisotopic (exact) mass is 389 g/mol. The molecule has 0 aliphatic carbocycles. The number of nitrogens with one attached hydrogen (secondary N) is 1. The van der Waals surface area contributed by atoms with Crippen molar-refractivity contribution in [2.24, 2.45) is 0 Å². The minimum absolute atomic E-state index is 0.291. The molecule has 0 saturated carbocycles. The maximum atomic E-state index is 12.2. The van der Waals surface area contributed by atoms with Gasteiger partial charge in [0.1, 0.15) is 17.2 Å². The number of carbonyl (C=O) groups excluding carboxylic acids is 1. The Bertz CT molecular complexity index is 788. The molecular weight excluding hydrogens is 366 g/mol. The lowest BCUT2D eigenvalue weighted by Crippen LogP contribution is -2.09. The SMILES string of the molecule is CCCCOc1ccc(C=CC(=O)Nc2cc(OC)c(Cl)cc2OC)cc1. The Morgan fingerprint density at radius 3 is 2.44 bits per heavy atom. The number of ether oxygens (including phenoxy) is 3. The van der Waals surface area contributed by atoms with Gasteiger partial charge in [-0.25, -0.2) is 0 Å². The molecule has 0 spiro atoms. The van der Waals surface area contributed by atoms with Crippen LogP contribution in [0.3, 0.4) is 0 Å². The number of hydrogen-bond acceptors (Lipinski definition) is 4. The minimum atomic E-state index is -0.291. The van der Waals surface area contributed by atoms with Gasteiger partial charge in [0.05, 0.1) is 31.5 Å². The summed E-state index contributed by atoms with van der Waals surface area (Å²) >= 11 is 6.07. The van der Waals surface area contributed by atoms with Crippen molar-refractivity contribution < 1.29 is 19.0 Å². The highest BCUT2D eigenvalue weighted by Gasteiger charge is 2.11. The first-order chi connectivity index (χ1) is 13.1. The standard InChI is InChI=1S/C21H24ClNO4/c1-4-5-12-27-16-9-6-15(7-10-16)8-11-21(24)23-18-14-19(25-2)17(22)13-20(18)26-3/h6-11,13-14H,4-5,12H2,1-3H3,(H,23,24). The maximum Gasteiger partial charge on any atom is 0.248 e. The number of carbonyl (C=O) groups is 1. The Kier molecular flexibility index (Phi) is 8.01. The molecule has 0 aromatic heterocycles. The number of rotatable bonds is 9. The molecule has 0 radical (unpaired) electrons. The highest BCUT2D eigenvalue weighted by molar-refractivity contribution is 6.32. The van der Waals surface area contributed by atoms with Gasteiger partial charge in [-0.15, -0.1) is 0 Å². The Morgan fingerprint density at radius 1 is 1.11 bits per heavy atom. The number of methoxy groups -OCH3 is 2. The highest BCUT2D eigenvalue weighted by Crippen LogP contribution is 2.35. The van der Waals surface area contributed by atoms with Gasteiger partial charge < -0.3 is 19.5 Å². The zero-order chi connectivity index (χ0) is 19.6. The topological polar surface area (TPSA) is 56.8 Å². The molecule has 27 heavy (non-hydrogen) atoms. The van der Waals surface area contributed by atoms with Gasteiger partial charge in [0, 0.05) is 18.2 Å². The second-order valence-corrected chi connectivity index (χ2v) is 6.19. The van der Waals surface area contributed by atoms with Crippen molar-refractivity contribution in [2.45, 2.75) is 19.8 Å². The maximum absolute atomic E-state index is 12.2. The first kappa shape index (κ1) is 20.6. The van der Waals surface area contributed by atoms with Crippen LogP contribution in [0.2, 0.25) is 5.02 Å². The van der Waals surface area contributed by atoms with Crippen molar-refractivity contribution in [3.63, 3.8) is 0 Å². The average Bonchev–Trinajstić information content (AvgIpc) is 2.68. The van der Waals surface area contributed by atoms with Gasteiger partial charge >= 0.3 is 0 Å². The molecule has 2 aromatic carbocycles. The van der Waals surface area contributed by atoms with Crippen molar-refractivity contribution >= 4 is 29.3 Å². The summed E-state index contributed by atoms with van der Waals surface area (Å²) in [4.78, 5) is 12.2. The van der Waals surface area contributed by atoms with E-state index >= 15 is 0 Å². The van der Waals surface area contributed by atoms with Gasteiger partial charge in [-0.1, -0.05) is 37.1 Å². The fourth-order valence-corrected chi connectivity index (χ4v) is 2.54. The molecular formula is C21H24ClNO4. The van der Waals surface area contributed by atoms with Crippen molar-refractivity contribution in [2.75, 3.05) is 26.1 Å². The predicted molar refractivity (Wildman–Crippen MR) is 109 cm³/mol. The summed E-state index contributed by atoms with van der Waals surface area (Å²) in [5.41, 5.74) is 1.38. The van der Waals surface area contributed by atoms with E-state index in [4.69, 9.17) is 25.8 Å². The van der Waals surface area contributed by atoms with Crippen molar-refractivity contribution in [1.82, 2.24) is 0 Å². The number of hydrogen-bond donors (Lipinski definition) is 1. The fourth-order valence-electron chi connectivity index (χ4n) is 2.31. The Balaban J connectivity index is 2.01. The highest BCUT2D eigenvalue weighted by atomic mass is 35.5. The van der Waals surface area contributed by atoms with Crippen LogP contribution in [0.15, 0.2) is 42.5 Å². The molecule has 0 fully saturated rings. The van der Waals surface area contributed by atoms with Gasteiger partial charge in [0.25, 0.3) is 0 Å². The summed E-state index contributed by atoms with van der Waals surface area (Å²) in [7, 11) is 3.02. The predicted octanol–water partition coefficient (Wildman–Crippen LogP) is 5.19. The van der Waals surface area contributed by atoms with Crippen LogP contribution in [0.25, 0.3) is 6.08 Å². The number of amides is 1. The lowest BCUT2D eigenvalue weighted by atomic mass is 10.2. The average molecular weight is 390 g/mol. The Hall–Kier alpha value is -2.66. The number of anilines is 1. The van der Waals surface area contributed by atoms with Crippen LogP contribution in [-0.4, -0.2) is 26.7 Å². The minimum Gasteiger partial charge on any atom is -0.495 e. The molecule has 6 heteroatoms. The summed E-state index contributed by atoms with van der Waals surface area (Å²) in [6.07, 6.45) is 5.30. The van der Waals surface area contributed by atoms with E-state index in [-0.39, 0.29) is 5.91 Å². The molecule has 2 rings (SSSR count). The van der Waals surface area contributed by atoms with E-state index in [2.05, 4.69) is 12.2 Å². The van der Waals surface area contributed by atoms with E-state index in [1.807, 2.05) is 24.3 Å². The fraction of sp³-hybridized carbons (Fsp3) is 0.286. The van der Waals surface area contributed by atoms with E-state index in [1.165, 1.54) is 20.3 Å². The van der Waals surface area contributed by atoms with Crippen LogP contribution in [0.5, 0.6) is 17.2 Å². The smallest absolute Gasteiger partial charge is 0.248 e. The summed E-state index contributed by atoms with van der Waals surface area (Å²) in [5, 5.41) is 3.17. The van der Waals surface area contributed by atoms with E-state index in [0.29, 0.717) is 28.8 Å². The van der Waals surface area contributed by atoms with Crippen molar-refractivity contribution in [3.8, 4) is 17.2 Å². The molecule has 144 valence electrons. The van der Waals surface area contributed by atoms with E-state index < -0.39 is 0 Å². The summed E-state index contributed by atoms with van der Waals surface area (Å²) in [6.45, 7) is 2.83. The van der Waals surface area contributed by atoms with Gasteiger partial charge in [0.2, 0.25) is 5.91 Å². The summed E-state index contributed by atoms with van der Waals surface area (Å²) in [5.74, 6) is 1.44. The summed E-state index contributed by atoms with van der Waals surface area (Å²) < 4.78 is 16.0. The van der Waals surface area contributed by atoms with E-state index in [1.54, 1.807) is 18.2 Å². The summed E-state index contributed by atoms with van der Waals surface area (Å²) in [6, 6.07) is 10.8. The zero-order valence-corrected chi connectivity index (χ0v) is 16.5. The third-order valence-electron chi connectivity index (χ3n) is 3.81. The van der Waals surface area contributed by atoms with Gasteiger partial charge in [-0.3, -0.25) is 4.79 Å². The van der Waals surface area contributed by atoms with Crippen LogP contribution in [0, 0.1) is 0 Å². The quantitative estimate of drug-likeness (QED) is 0.473. The van der Waals surface area contributed by atoms with Crippen molar-refractivity contribution in [3.05, 3.63) is 53.1 Å². The van der Waals surface area contributed by atoms with Crippen LogP contribution in [0.1, 0.15) is 25.3 Å². The Labute approximate surface area is 164 Å². The number of halogens is 1. The molecule has 5 nitrogen and oxygen atoms in total.